The monoisotopic (exact) mass is 328 g/mol. The molecule has 0 radical (unpaired) electrons. The second kappa shape index (κ2) is 7.42. The molecule has 1 aliphatic rings. The third-order valence-electron chi connectivity index (χ3n) is 3.95. The molecule has 0 saturated carbocycles. The minimum absolute atomic E-state index is 0.000604. The number of hydrogen-bond acceptors (Lipinski definition) is 3. The van der Waals surface area contributed by atoms with E-state index in [0.717, 1.165) is 37.2 Å². The highest BCUT2D eigenvalue weighted by atomic mass is 32.1. The molecule has 1 saturated heterocycles. The summed E-state index contributed by atoms with van der Waals surface area (Å²) in [7, 11) is 0. The normalized spacial score (nSPS) is 14.3. The number of para-hydroxylation sites is 2. The summed E-state index contributed by atoms with van der Waals surface area (Å²) in [5.41, 5.74) is 1.53. The zero-order chi connectivity index (χ0) is 16.1. The fraction of sp³-hybridized carbons (Fsp3) is 0.333. The van der Waals surface area contributed by atoms with Gasteiger partial charge in [0.15, 0.2) is 0 Å². The number of aryl methyl sites for hydroxylation is 1. The van der Waals surface area contributed by atoms with Crippen molar-refractivity contribution in [2.75, 3.05) is 16.8 Å². The van der Waals surface area contributed by atoms with Crippen molar-refractivity contribution in [3.63, 3.8) is 0 Å². The lowest BCUT2D eigenvalue weighted by molar-refractivity contribution is -0.117. The number of benzene rings is 1. The van der Waals surface area contributed by atoms with Gasteiger partial charge in [-0.3, -0.25) is 9.59 Å². The van der Waals surface area contributed by atoms with Gasteiger partial charge in [0, 0.05) is 24.3 Å². The lowest BCUT2D eigenvalue weighted by Crippen LogP contribution is -2.25. The topological polar surface area (TPSA) is 49.4 Å². The van der Waals surface area contributed by atoms with Crippen molar-refractivity contribution in [1.82, 2.24) is 0 Å². The SMILES string of the molecule is O=C(CCCc1cccs1)Nc1ccccc1N1CCCC1=O. The highest BCUT2D eigenvalue weighted by molar-refractivity contribution is 7.09. The minimum Gasteiger partial charge on any atom is -0.324 e. The molecule has 0 bridgehead atoms. The average molecular weight is 328 g/mol. The number of thiophene rings is 1. The molecule has 0 spiro atoms. The van der Waals surface area contributed by atoms with Crippen molar-refractivity contribution in [1.29, 1.82) is 0 Å². The molecule has 1 N–H and O–H groups in total. The lowest BCUT2D eigenvalue weighted by Gasteiger charge is -2.20. The zero-order valence-electron chi connectivity index (χ0n) is 13.0. The molecule has 0 unspecified atom stereocenters. The molecule has 1 aromatic carbocycles. The summed E-state index contributed by atoms with van der Waals surface area (Å²) < 4.78 is 0. The molecule has 4 nitrogen and oxygen atoms in total. The maximum atomic E-state index is 12.2. The molecular weight excluding hydrogens is 308 g/mol. The van der Waals surface area contributed by atoms with Crippen molar-refractivity contribution >= 4 is 34.5 Å². The Hall–Kier alpha value is -2.14. The maximum absolute atomic E-state index is 12.2. The molecular formula is C18H20N2O2S. The van der Waals surface area contributed by atoms with Gasteiger partial charge in [-0.15, -0.1) is 11.3 Å². The predicted octanol–water partition coefficient (Wildman–Crippen LogP) is 3.84. The van der Waals surface area contributed by atoms with Gasteiger partial charge in [0.1, 0.15) is 0 Å². The fourth-order valence-corrected chi connectivity index (χ4v) is 3.56. The van der Waals surface area contributed by atoms with Crippen molar-refractivity contribution in [2.24, 2.45) is 0 Å². The number of amides is 2. The van der Waals surface area contributed by atoms with Gasteiger partial charge < -0.3 is 10.2 Å². The first-order valence-corrected chi connectivity index (χ1v) is 8.83. The highest BCUT2D eigenvalue weighted by Gasteiger charge is 2.24. The van der Waals surface area contributed by atoms with Gasteiger partial charge in [-0.2, -0.15) is 0 Å². The van der Waals surface area contributed by atoms with Crippen LogP contribution in [0.15, 0.2) is 41.8 Å². The lowest BCUT2D eigenvalue weighted by atomic mass is 10.2. The van der Waals surface area contributed by atoms with Gasteiger partial charge in [-0.05, 0) is 42.8 Å². The molecule has 120 valence electrons. The molecule has 2 amide bonds. The molecule has 0 atom stereocenters. The molecule has 1 aliphatic heterocycles. The molecule has 1 aromatic heterocycles. The van der Waals surface area contributed by atoms with Crippen molar-refractivity contribution in [2.45, 2.75) is 32.1 Å². The molecule has 2 heterocycles. The van der Waals surface area contributed by atoms with E-state index in [1.54, 1.807) is 16.2 Å². The van der Waals surface area contributed by atoms with Crippen LogP contribution < -0.4 is 10.2 Å². The van der Waals surface area contributed by atoms with Crippen LogP contribution in [0.5, 0.6) is 0 Å². The number of anilines is 2. The first-order chi connectivity index (χ1) is 11.2. The molecule has 2 aromatic rings. The second-order valence-corrected chi connectivity index (χ2v) is 6.68. The number of rotatable bonds is 6. The van der Waals surface area contributed by atoms with Gasteiger partial charge in [0.25, 0.3) is 0 Å². The number of carbonyl (C=O) groups is 2. The van der Waals surface area contributed by atoms with Crippen molar-refractivity contribution < 1.29 is 9.59 Å². The first kappa shape index (κ1) is 15.7. The summed E-state index contributed by atoms with van der Waals surface area (Å²) in [4.78, 5) is 27.2. The van der Waals surface area contributed by atoms with Gasteiger partial charge in [-0.1, -0.05) is 18.2 Å². The van der Waals surface area contributed by atoms with Crippen LogP contribution in [0, 0.1) is 0 Å². The van der Waals surface area contributed by atoms with E-state index < -0.39 is 0 Å². The predicted molar refractivity (Wildman–Crippen MR) is 93.9 cm³/mol. The van der Waals surface area contributed by atoms with Gasteiger partial charge in [0.2, 0.25) is 11.8 Å². The van der Waals surface area contributed by atoms with Crippen LogP contribution in [0.3, 0.4) is 0 Å². The van der Waals surface area contributed by atoms with Crippen molar-refractivity contribution in [3.8, 4) is 0 Å². The summed E-state index contributed by atoms with van der Waals surface area (Å²) in [6.07, 6.45) is 3.71. The maximum Gasteiger partial charge on any atom is 0.227 e. The number of nitrogens with zero attached hydrogens (tertiary/aromatic N) is 1. The quantitative estimate of drug-likeness (QED) is 0.876. The van der Waals surface area contributed by atoms with Crippen LogP contribution in [0.25, 0.3) is 0 Å². The molecule has 0 aliphatic carbocycles. The van der Waals surface area contributed by atoms with E-state index in [9.17, 15) is 9.59 Å². The Bertz CT molecular complexity index is 682. The van der Waals surface area contributed by atoms with E-state index in [2.05, 4.69) is 16.8 Å². The van der Waals surface area contributed by atoms with Crippen LogP contribution in [-0.4, -0.2) is 18.4 Å². The smallest absolute Gasteiger partial charge is 0.227 e. The van der Waals surface area contributed by atoms with Gasteiger partial charge in [0.05, 0.1) is 11.4 Å². The third-order valence-corrected chi connectivity index (χ3v) is 4.89. The van der Waals surface area contributed by atoms with Crippen LogP contribution in [0.2, 0.25) is 0 Å². The number of carbonyl (C=O) groups excluding carboxylic acids is 2. The van der Waals surface area contributed by atoms with Gasteiger partial charge >= 0.3 is 0 Å². The highest BCUT2D eigenvalue weighted by Crippen LogP contribution is 2.29. The van der Waals surface area contributed by atoms with Crippen LogP contribution in [-0.2, 0) is 16.0 Å². The molecule has 5 heteroatoms. The van der Waals surface area contributed by atoms with Crippen molar-refractivity contribution in [3.05, 3.63) is 46.7 Å². The summed E-state index contributed by atoms with van der Waals surface area (Å²) in [6.45, 7) is 0.726. The Labute approximate surface area is 140 Å². The third kappa shape index (κ3) is 3.99. The Morgan fingerprint density at radius 3 is 2.83 bits per heavy atom. The first-order valence-electron chi connectivity index (χ1n) is 7.95. The van der Waals surface area contributed by atoms with Crippen LogP contribution >= 0.6 is 11.3 Å². The Morgan fingerprint density at radius 2 is 2.09 bits per heavy atom. The Morgan fingerprint density at radius 1 is 1.22 bits per heavy atom. The number of hydrogen-bond donors (Lipinski definition) is 1. The Kier molecular flexibility index (Phi) is 5.08. The van der Waals surface area contributed by atoms with E-state index in [1.807, 2.05) is 30.3 Å². The molecule has 1 fully saturated rings. The summed E-state index contributed by atoms with van der Waals surface area (Å²) in [5.74, 6) is 0.130. The van der Waals surface area contributed by atoms with Crippen LogP contribution in [0.1, 0.15) is 30.6 Å². The largest absolute Gasteiger partial charge is 0.324 e. The van der Waals surface area contributed by atoms with Gasteiger partial charge in [-0.25, -0.2) is 0 Å². The summed E-state index contributed by atoms with van der Waals surface area (Å²) in [6, 6.07) is 11.7. The Balaban J connectivity index is 1.59. The fourth-order valence-electron chi connectivity index (χ4n) is 2.81. The number of nitrogens with one attached hydrogen (secondary N) is 1. The van der Waals surface area contributed by atoms with E-state index in [0.29, 0.717) is 12.8 Å². The van der Waals surface area contributed by atoms with E-state index in [-0.39, 0.29) is 11.8 Å². The second-order valence-electron chi connectivity index (χ2n) is 5.65. The average Bonchev–Trinajstić information content (AvgIpc) is 3.20. The standard InChI is InChI=1S/C18H20N2O2S/c21-17(10-3-6-14-7-5-13-23-14)19-15-8-1-2-9-16(15)20-12-4-11-18(20)22/h1-2,5,7-9,13H,3-4,6,10-12H2,(H,19,21). The molecule has 3 rings (SSSR count). The molecule has 23 heavy (non-hydrogen) atoms. The zero-order valence-corrected chi connectivity index (χ0v) is 13.8. The van der Waals surface area contributed by atoms with E-state index in [4.69, 9.17) is 0 Å². The van der Waals surface area contributed by atoms with Crippen LogP contribution in [0.4, 0.5) is 11.4 Å². The van der Waals surface area contributed by atoms with E-state index in [1.165, 1.54) is 4.88 Å². The minimum atomic E-state index is 0.000604. The van der Waals surface area contributed by atoms with E-state index >= 15 is 0 Å². The summed E-state index contributed by atoms with van der Waals surface area (Å²) in [5, 5.41) is 5.01. The summed E-state index contributed by atoms with van der Waals surface area (Å²) >= 11 is 1.72.